The Morgan fingerprint density at radius 1 is 1.20 bits per heavy atom. The molecule has 1 aliphatic rings. The second kappa shape index (κ2) is 6.54. The van der Waals surface area contributed by atoms with E-state index in [1.165, 1.54) is 12.1 Å². The first-order valence-electron chi connectivity index (χ1n) is 7.73. The maximum absolute atomic E-state index is 12.4. The predicted molar refractivity (Wildman–Crippen MR) is 86.7 cm³/mol. The van der Waals surface area contributed by atoms with E-state index in [1.807, 2.05) is 0 Å². The van der Waals surface area contributed by atoms with Gasteiger partial charge in [-0.25, -0.2) is 0 Å². The normalized spacial score (nSPS) is 15.1. The number of ether oxygens (including phenoxy) is 1. The molecule has 3 N–H and O–H groups in total. The van der Waals surface area contributed by atoms with Crippen LogP contribution in [0, 0.1) is 0 Å². The lowest BCUT2D eigenvalue weighted by Crippen LogP contribution is -2.48. The Balaban J connectivity index is 2.19. The Hall–Kier alpha value is -2.90. The zero-order valence-electron chi connectivity index (χ0n) is 14.2. The number of phenols is 1. The number of hydrogen-bond acceptors (Lipinski definition) is 6. The van der Waals surface area contributed by atoms with Crippen molar-refractivity contribution in [2.45, 2.75) is 45.3 Å². The Bertz CT molecular complexity index is 750. The maximum Gasteiger partial charge on any atom is 0.306 e. The summed E-state index contributed by atoms with van der Waals surface area (Å²) in [6.45, 7) is 5.10. The Labute approximate surface area is 144 Å². The topological polar surface area (TPSA) is 127 Å². The average Bonchev–Trinajstić information content (AvgIpc) is 2.70. The third kappa shape index (κ3) is 3.96. The Morgan fingerprint density at radius 2 is 1.80 bits per heavy atom. The van der Waals surface area contributed by atoms with Crippen molar-refractivity contribution in [3.05, 3.63) is 29.3 Å². The number of fused-ring (bicyclic) bond motifs is 1. The molecule has 3 amide bonds. The molecule has 0 saturated heterocycles. The van der Waals surface area contributed by atoms with Crippen LogP contribution in [0.25, 0.3) is 0 Å². The number of phenolic OH excluding ortho intramolecular Hbond substituents is 1. The molecule has 0 radical (unpaired) electrons. The van der Waals surface area contributed by atoms with Gasteiger partial charge in [-0.2, -0.15) is 0 Å². The van der Waals surface area contributed by atoms with E-state index >= 15 is 0 Å². The summed E-state index contributed by atoms with van der Waals surface area (Å²) in [5.41, 5.74) is 4.71. The van der Waals surface area contributed by atoms with Crippen molar-refractivity contribution in [2.24, 2.45) is 5.73 Å². The van der Waals surface area contributed by atoms with E-state index in [4.69, 9.17) is 10.5 Å². The molecule has 25 heavy (non-hydrogen) atoms. The van der Waals surface area contributed by atoms with Crippen LogP contribution in [0.1, 0.15) is 54.3 Å². The quantitative estimate of drug-likeness (QED) is 0.603. The molecule has 8 heteroatoms. The van der Waals surface area contributed by atoms with Crippen molar-refractivity contribution in [1.29, 1.82) is 0 Å². The van der Waals surface area contributed by atoms with E-state index in [0.29, 0.717) is 0 Å². The third-order valence-corrected chi connectivity index (χ3v) is 3.58. The number of carbonyl (C=O) groups excluding carboxylic acids is 4. The summed E-state index contributed by atoms with van der Waals surface area (Å²) < 4.78 is 5.15. The molecule has 1 unspecified atom stereocenters. The largest absolute Gasteiger partial charge is 0.508 e. The number of primary amides is 1. The van der Waals surface area contributed by atoms with Gasteiger partial charge in [0.2, 0.25) is 5.91 Å². The minimum Gasteiger partial charge on any atom is -0.508 e. The standard InChI is InChI=1S/C17H20N2O6/c1-17(2,3)25-13(21)7-6-12(14(18)22)19-15(23)10-5-4-9(20)8-11(10)16(19)24/h4-5,8,12,20H,6-7H2,1-3H3,(H2,18,22). The van der Waals surface area contributed by atoms with Gasteiger partial charge in [-0.1, -0.05) is 0 Å². The summed E-state index contributed by atoms with van der Waals surface area (Å²) in [5, 5.41) is 9.48. The van der Waals surface area contributed by atoms with E-state index in [-0.39, 0.29) is 29.7 Å². The molecular formula is C17H20N2O6. The number of benzene rings is 1. The molecule has 1 atom stereocenters. The van der Waals surface area contributed by atoms with Crippen LogP contribution in [0.4, 0.5) is 0 Å². The molecule has 0 fully saturated rings. The van der Waals surface area contributed by atoms with Gasteiger partial charge >= 0.3 is 5.97 Å². The van der Waals surface area contributed by atoms with Gasteiger partial charge in [0, 0.05) is 6.42 Å². The number of aromatic hydroxyl groups is 1. The number of esters is 1. The van der Waals surface area contributed by atoms with Gasteiger partial charge in [0.25, 0.3) is 11.8 Å². The van der Waals surface area contributed by atoms with E-state index < -0.39 is 35.3 Å². The monoisotopic (exact) mass is 348 g/mol. The number of carbonyl (C=O) groups is 4. The molecule has 0 spiro atoms. The zero-order valence-corrected chi connectivity index (χ0v) is 14.2. The van der Waals surface area contributed by atoms with Crippen molar-refractivity contribution in [2.75, 3.05) is 0 Å². The van der Waals surface area contributed by atoms with Gasteiger partial charge in [-0.3, -0.25) is 24.1 Å². The van der Waals surface area contributed by atoms with Crippen LogP contribution >= 0.6 is 0 Å². The molecule has 0 aliphatic carbocycles. The van der Waals surface area contributed by atoms with Gasteiger partial charge in [-0.15, -0.1) is 0 Å². The van der Waals surface area contributed by atoms with Crippen molar-refractivity contribution < 1.29 is 29.0 Å². The molecule has 1 aromatic rings. The van der Waals surface area contributed by atoms with Crippen molar-refractivity contribution in [3.63, 3.8) is 0 Å². The van der Waals surface area contributed by atoms with E-state index in [2.05, 4.69) is 0 Å². The fraction of sp³-hybridized carbons (Fsp3) is 0.412. The average molecular weight is 348 g/mol. The molecule has 0 saturated carbocycles. The second-order valence-electron chi connectivity index (χ2n) is 6.75. The lowest BCUT2D eigenvalue weighted by atomic mass is 10.1. The first kappa shape index (κ1) is 18.4. The van der Waals surface area contributed by atoms with Crippen molar-refractivity contribution in [1.82, 2.24) is 4.90 Å². The van der Waals surface area contributed by atoms with Crippen LogP contribution in [0.3, 0.4) is 0 Å². The van der Waals surface area contributed by atoms with Gasteiger partial charge in [-0.05, 0) is 45.4 Å². The van der Waals surface area contributed by atoms with E-state index in [1.54, 1.807) is 20.8 Å². The van der Waals surface area contributed by atoms with Crippen molar-refractivity contribution in [3.8, 4) is 5.75 Å². The highest BCUT2D eigenvalue weighted by Crippen LogP contribution is 2.29. The number of amides is 3. The lowest BCUT2D eigenvalue weighted by Gasteiger charge is -2.24. The number of hydrogen-bond donors (Lipinski definition) is 2. The Kier molecular flexibility index (Phi) is 4.82. The number of nitrogens with zero attached hydrogens (tertiary/aromatic N) is 1. The summed E-state index contributed by atoms with van der Waals surface area (Å²) in [5.74, 6) is -3.06. The fourth-order valence-electron chi connectivity index (χ4n) is 2.58. The second-order valence-corrected chi connectivity index (χ2v) is 6.75. The summed E-state index contributed by atoms with van der Waals surface area (Å²) in [4.78, 5) is 49.2. The van der Waals surface area contributed by atoms with Crippen LogP contribution in [0.2, 0.25) is 0 Å². The minimum absolute atomic E-state index is 0.00600. The number of rotatable bonds is 5. The molecule has 0 aromatic heterocycles. The Morgan fingerprint density at radius 3 is 2.36 bits per heavy atom. The zero-order chi connectivity index (χ0) is 18.9. The molecule has 0 bridgehead atoms. The minimum atomic E-state index is -1.28. The molecule has 134 valence electrons. The van der Waals surface area contributed by atoms with E-state index in [9.17, 15) is 24.3 Å². The first-order valence-corrected chi connectivity index (χ1v) is 7.73. The summed E-state index contributed by atoms with van der Waals surface area (Å²) in [7, 11) is 0. The highest BCUT2D eigenvalue weighted by Gasteiger charge is 2.42. The molecule has 2 rings (SSSR count). The molecule has 1 aliphatic heterocycles. The van der Waals surface area contributed by atoms with Gasteiger partial charge in [0.15, 0.2) is 0 Å². The number of nitrogens with two attached hydrogens (primary N) is 1. The predicted octanol–water partition coefficient (Wildman–Crippen LogP) is 0.964. The van der Waals surface area contributed by atoms with Crippen molar-refractivity contribution >= 4 is 23.7 Å². The molecule has 1 aromatic carbocycles. The molecular weight excluding hydrogens is 328 g/mol. The molecule has 1 heterocycles. The first-order chi connectivity index (χ1) is 11.5. The highest BCUT2D eigenvalue weighted by atomic mass is 16.6. The van der Waals surface area contributed by atoms with E-state index in [0.717, 1.165) is 11.0 Å². The third-order valence-electron chi connectivity index (χ3n) is 3.58. The smallest absolute Gasteiger partial charge is 0.306 e. The van der Waals surface area contributed by atoms with Crippen LogP contribution in [0.5, 0.6) is 5.75 Å². The van der Waals surface area contributed by atoms with Crippen LogP contribution in [0.15, 0.2) is 18.2 Å². The summed E-state index contributed by atoms with van der Waals surface area (Å²) in [6.07, 6.45) is -0.314. The summed E-state index contributed by atoms with van der Waals surface area (Å²) in [6, 6.07) is 2.45. The van der Waals surface area contributed by atoms with Gasteiger partial charge < -0.3 is 15.6 Å². The highest BCUT2D eigenvalue weighted by molar-refractivity contribution is 6.23. The van der Waals surface area contributed by atoms with Gasteiger partial charge in [0.05, 0.1) is 11.1 Å². The van der Waals surface area contributed by atoms with Crippen LogP contribution in [-0.4, -0.2) is 45.3 Å². The van der Waals surface area contributed by atoms with Gasteiger partial charge in [0.1, 0.15) is 17.4 Å². The lowest BCUT2D eigenvalue weighted by molar-refractivity contribution is -0.155. The summed E-state index contributed by atoms with van der Waals surface area (Å²) >= 11 is 0. The fourth-order valence-corrected chi connectivity index (χ4v) is 2.58. The van der Waals surface area contributed by atoms with Crippen LogP contribution in [-0.2, 0) is 14.3 Å². The molecule has 8 nitrogen and oxygen atoms in total. The van der Waals surface area contributed by atoms with Crippen LogP contribution < -0.4 is 5.73 Å². The SMILES string of the molecule is CC(C)(C)OC(=O)CCC(C(N)=O)N1C(=O)c2ccc(O)cc2C1=O. The number of imide groups is 1. The maximum atomic E-state index is 12.4.